The van der Waals surface area contributed by atoms with Gasteiger partial charge in [-0.2, -0.15) is 0 Å². The van der Waals surface area contributed by atoms with Gasteiger partial charge in [0.15, 0.2) is 0 Å². The lowest BCUT2D eigenvalue weighted by molar-refractivity contribution is -0.0117. The van der Waals surface area contributed by atoms with Crippen LogP contribution in [0.25, 0.3) is 0 Å². The van der Waals surface area contributed by atoms with E-state index >= 15 is 0 Å². The smallest absolute Gasteiger partial charge is 0.142 e. The Morgan fingerprint density at radius 2 is 2.28 bits per heavy atom. The summed E-state index contributed by atoms with van der Waals surface area (Å²) < 4.78 is 11.3. The predicted octanol–water partition coefficient (Wildman–Crippen LogP) is 1.83. The molecule has 0 aromatic heterocycles. The van der Waals surface area contributed by atoms with Gasteiger partial charge in [0.2, 0.25) is 0 Å². The van der Waals surface area contributed by atoms with Crippen molar-refractivity contribution < 1.29 is 9.47 Å². The van der Waals surface area contributed by atoms with E-state index < -0.39 is 0 Å². The van der Waals surface area contributed by atoms with Gasteiger partial charge in [-0.3, -0.25) is 0 Å². The quantitative estimate of drug-likeness (QED) is 0.864. The standard InChI is InChI=1S/C14H22N2O2/c1-3-17-14-7-5-4-6-13(14)15-10-12-11-16(2)8-9-18-12/h4-7,12,15H,3,8-11H2,1-2H3. The molecule has 18 heavy (non-hydrogen) atoms. The summed E-state index contributed by atoms with van der Waals surface area (Å²) in [5.41, 5.74) is 1.04. The van der Waals surface area contributed by atoms with Gasteiger partial charge in [0.25, 0.3) is 0 Å². The first kappa shape index (κ1) is 13.2. The lowest BCUT2D eigenvalue weighted by Crippen LogP contribution is -2.43. The maximum absolute atomic E-state index is 5.72. The van der Waals surface area contributed by atoms with E-state index in [1.807, 2.05) is 31.2 Å². The average Bonchev–Trinajstić information content (AvgIpc) is 2.38. The number of likely N-dealkylation sites (N-methyl/N-ethyl adjacent to an activating group) is 1. The van der Waals surface area contributed by atoms with Gasteiger partial charge in [-0.15, -0.1) is 0 Å². The molecule has 1 saturated heterocycles. The van der Waals surface area contributed by atoms with Gasteiger partial charge in [0, 0.05) is 19.6 Å². The first-order valence-corrected chi connectivity index (χ1v) is 6.55. The number of nitrogens with zero attached hydrogens (tertiary/aromatic N) is 1. The van der Waals surface area contributed by atoms with Crippen LogP contribution in [-0.4, -0.2) is 50.9 Å². The van der Waals surface area contributed by atoms with Crippen molar-refractivity contribution in [3.8, 4) is 5.75 Å². The lowest BCUT2D eigenvalue weighted by atomic mass is 10.2. The van der Waals surface area contributed by atoms with Crippen molar-refractivity contribution in [2.24, 2.45) is 0 Å². The van der Waals surface area contributed by atoms with Crippen LogP contribution in [0.15, 0.2) is 24.3 Å². The number of para-hydroxylation sites is 2. The molecule has 2 rings (SSSR count). The summed E-state index contributed by atoms with van der Waals surface area (Å²) >= 11 is 0. The van der Waals surface area contributed by atoms with Gasteiger partial charge in [-0.1, -0.05) is 12.1 Å². The van der Waals surface area contributed by atoms with Crippen LogP contribution >= 0.6 is 0 Å². The predicted molar refractivity (Wildman–Crippen MR) is 73.3 cm³/mol. The molecule has 1 atom stereocenters. The number of anilines is 1. The van der Waals surface area contributed by atoms with E-state index in [0.29, 0.717) is 6.61 Å². The molecule has 0 amide bonds. The molecule has 0 spiro atoms. The summed E-state index contributed by atoms with van der Waals surface area (Å²) in [5, 5.41) is 3.41. The van der Waals surface area contributed by atoms with E-state index in [0.717, 1.165) is 37.7 Å². The van der Waals surface area contributed by atoms with Crippen molar-refractivity contribution in [2.75, 3.05) is 45.2 Å². The number of hydrogen-bond donors (Lipinski definition) is 1. The minimum atomic E-state index is 0.249. The van der Waals surface area contributed by atoms with Gasteiger partial charge < -0.3 is 19.7 Å². The van der Waals surface area contributed by atoms with Crippen LogP contribution in [0.3, 0.4) is 0 Å². The summed E-state index contributed by atoms with van der Waals surface area (Å²) in [6, 6.07) is 8.02. The van der Waals surface area contributed by atoms with Gasteiger partial charge in [0.05, 0.1) is 25.0 Å². The van der Waals surface area contributed by atoms with Gasteiger partial charge in [0.1, 0.15) is 5.75 Å². The van der Waals surface area contributed by atoms with E-state index in [1.165, 1.54) is 0 Å². The number of hydrogen-bond acceptors (Lipinski definition) is 4. The molecular formula is C14H22N2O2. The number of nitrogens with one attached hydrogen (secondary N) is 1. The highest BCUT2D eigenvalue weighted by molar-refractivity contribution is 5.56. The van der Waals surface area contributed by atoms with Crippen molar-refractivity contribution >= 4 is 5.69 Å². The molecule has 1 N–H and O–H groups in total. The highest BCUT2D eigenvalue weighted by atomic mass is 16.5. The number of ether oxygens (including phenoxy) is 2. The second-order valence-electron chi connectivity index (χ2n) is 4.57. The number of morpholine rings is 1. The van der Waals surface area contributed by atoms with Crippen molar-refractivity contribution in [3.05, 3.63) is 24.3 Å². The number of benzene rings is 1. The van der Waals surface area contributed by atoms with Crippen LogP contribution in [-0.2, 0) is 4.74 Å². The Bertz CT molecular complexity index is 371. The molecule has 1 aliphatic rings. The second kappa shape index (κ2) is 6.61. The van der Waals surface area contributed by atoms with Crippen LogP contribution in [0, 0.1) is 0 Å². The zero-order chi connectivity index (χ0) is 12.8. The van der Waals surface area contributed by atoms with E-state index in [1.54, 1.807) is 0 Å². The van der Waals surface area contributed by atoms with Crippen LogP contribution in [0.5, 0.6) is 5.75 Å². The maximum atomic E-state index is 5.72. The van der Waals surface area contributed by atoms with E-state index in [4.69, 9.17) is 9.47 Å². The molecule has 1 heterocycles. The Balaban J connectivity index is 1.89. The van der Waals surface area contributed by atoms with E-state index in [9.17, 15) is 0 Å². The normalized spacial score (nSPS) is 20.7. The summed E-state index contributed by atoms with van der Waals surface area (Å²) in [5.74, 6) is 0.907. The SMILES string of the molecule is CCOc1ccccc1NCC1CN(C)CCO1. The zero-order valence-corrected chi connectivity index (χ0v) is 11.2. The molecule has 0 aliphatic carbocycles. The summed E-state index contributed by atoms with van der Waals surface area (Å²) in [4.78, 5) is 2.30. The molecule has 1 aromatic carbocycles. The topological polar surface area (TPSA) is 33.7 Å². The third-order valence-electron chi connectivity index (χ3n) is 3.05. The molecule has 4 heteroatoms. The monoisotopic (exact) mass is 250 g/mol. The van der Waals surface area contributed by atoms with Crippen molar-refractivity contribution in [1.82, 2.24) is 4.90 Å². The molecular weight excluding hydrogens is 228 g/mol. The fourth-order valence-corrected chi connectivity index (χ4v) is 2.11. The van der Waals surface area contributed by atoms with Crippen LogP contribution < -0.4 is 10.1 Å². The third kappa shape index (κ3) is 3.62. The van der Waals surface area contributed by atoms with Crippen molar-refractivity contribution in [2.45, 2.75) is 13.0 Å². The Morgan fingerprint density at radius 3 is 3.06 bits per heavy atom. The molecule has 1 aromatic rings. The van der Waals surface area contributed by atoms with Crippen molar-refractivity contribution in [1.29, 1.82) is 0 Å². The molecule has 1 fully saturated rings. The average molecular weight is 250 g/mol. The Morgan fingerprint density at radius 1 is 1.44 bits per heavy atom. The van der Waals surface area contributed by atoms with Gasteiger partial charge in [-0.25, -0.2) is 0 Å². The Kier molecular flexibility index (Phi) is 4.84. The van der Waals surface area contributed by atoms with Gasteiger partial charge in [-0.05, 0) is 26.1 Å². The zero-order valence-electron chi connectivity index (χ0n) is 11.2. The van der Waals surface area contributed by atoms with Crippen molar-refractivity contribution in [3.63, 3.8) is 0 Å². The molecule has 0 radical (unpaired) electrons. The number of rotatable bonds is 5. The highest BCUT2D eigenvalue weighted by Crippen LogP contribution is 2.23. The summed E-state index contributed by atoms with van der Waals surface area (Å²) in [6.07, 6.45) is 0.249. The van der Waals surface area contributed by atoms with Crippen LogP contribution in [0.4, 0.5) is 5.69 Å². The third-order valence-corrected chi connectivity index (χ3v) is 3.05. The maximum Gasteiger partial charge on any atom is 0.142 e. The Labute approximate surface area is 109 Å². The molecule has 0 bridgehead atoms. The second-order valence-corrected chi connectivity index (χ2v) is 4.57. The molecule has 100 valence electrons. The fourth-order valence-electron chi connectivity index (χ4n) is 2.11. The van der Waals surface area contributed by atoms with Crippen LogP contribution in [0.1, 0.15) is 6.92 Å². The van der Waals surface area contributed by atoms with Crippen LogP contribution in [0.2, 0.25) is 0 Å². The molecule has 1 aliphatic heterocycles. The van der Waals surface area contributed by atoms with E-state index in [2.05, 4.69) is 17.3 Å². The Hall–Kier alpha value is -1.26. The summed E-state index contributed by atoms with van der Waals surface area (Å²) in [7, 11) is 2.13. The minimum absolute atomic E-state index is 0.249. The molecule has 1 unspecified atom stereocenters. The molecule has 0 saturated carbocycles. The summed E-state index contributed by atoms with van der Waals surface area (Å²) in [6.45, 7) is 6.30. The first-order chi connectivity index (χ1) is 8.79. The minimum Gasteiger partial charge on any atom is -0.492 e. The highest BCUT2D eigenvalue weighted by Gasteiger charge is 2.17. The fraction of sp³-hybridized carbons (Fsp3) is 0.571. The lowest BCUT2D eigenvalue weighted by Gasteiger charge is -2.30. The van der Waals surface area contributed by atoms with E-state index in [-0.39, 0.29) is 6.10 Å². The largest absolute Gasteiger partial charge is 0.492 e. The van der Waals surface area contributed by atoms with Gasteiger partial charge >= 0.3 is 0 Å². The first-order valence-electron chi connectivity index (χ1n) is 6.55. The molecule has 4 nitrogen and oxygen atoms in total.